The van der Waals surface area contributed by atoms with Crippen LogP contribution in [-0.4, -0.2) is 17.4 Å². The Labute approximate surface area is 94.0 Å². The number of hydrogen-bond donors (Lipinski definition) is 2. The number of rotatable bonds is 2. The third-order valence-electron chi connectivity index (χ3n) is 1.35. The molecule has 72 valence electrons. The topological polar surface area (TPSA) is 73.5 Å². The van der Waals surface area contributed by atoms with Crippen LogP contribution >= 0.6 is 27.5 Å². The van der Waals surface area contributed by atoms with E-state index in [4.69, 9.17) is 26.9 Å². The summed E-state index contributed by atoms with van der Waals surface area (Å²) in [5, 5.41) is 26.0. The zero-order chi connectivity index (χ0) is 10.7. The molecular weight excluding hydrogens is 272 g/mol. The van der Waals surface area contributed by atoms with E-state index >= 15 is 0 Å². The quantitative estimate of drug-likeness (QED) is 0.799. The Bertz CT molecular complexity index is 393. The summed E-state index contributed by atoms with van der Waals surface area (Å²) in [7, 11) is -2.00. The highest BCUT2D eigenvalue weighted by molar-refractivity contribution is 9.10. The summed E-state index contributed by atoms with van der Waals surface area (Å²) in [6.07, 6.45) is 0. The van der Waals surface area contributed by atoms with Crippen LogP contribution in [0.4, 0.5) is 0 Å². The summed E-state index contributed by atoms with van der Waals surface area (Å²) in [5.74, 6) is -0.0487. The van der Waals surface area contributed by atoms with Gasteiger partial charge in [-0.2, -0.15) is 5.26 Å². The molecule has 0 aliphatic rings. The fourth-order valence-electron chi connectivity index (χ4n) is 0.869. The van der Waals surface area contributed by atoms with Crippen molar-refractivity contribution in [3.8, 4) is 11.8 Å². The second kappa shape index (κ2) is 4.67. The fraction of sp³-hybridized carbons (Fsp3) is 0. The zero-order valence-electron chi connectivity index (χ0n) is 6.74. The van der Waals surface area contributed by atoms with Gasteiger partial charge < -0.3 is 14.7 Å². The SMILES string of the molecule is N#Cc1cc(Br)cc(Cl)c1OB(O)O. The average molecular weight is 276 g/mol. The number of nitrogens with zero attached hydrogens (tertiary/aromatic N) is 1. The summed E-state index contributed by atoms with van der Waals surface area (Å²) in [6, 6.07) is 4.77. The van der Waals surface area contributed by atoms with Gasteiger partial charge >= 0.3 is 7.32 Å². The number of hydrogen-bond acceptors (Lipinski definition) is 4. The first-order valence-electron chi connectivity index (χ1n) is 3.46. The standard InChI is InChI=1S/C7H4BBrClNO3/c9-5-1-4(3-11)7(6(10)2-5)14-8(12)13/h1-2,12-13H. The second-order valence-electron chi connectivity index (χ2n) is 2.32. The molecule has 7 heteroatoms. The van der Waals surface area contributed by atoms with Crippen molar-refractivity contribution in [2.24, 2.45) is 0 Å². The van der Waals surface area contributed by atoms with Gasteiger partial charge in [0, 0.05) is 4.47 Å². The molecule has 0 spiro atoms. The second-order valence-corrected chi connectivity index (χ2v) is 3.64. The minimum absolute atomic E-state index is 0.0487. The molecule has 0 amide bonds. The molecule has 14 heavy (non-hydrogen) atoms. The molecule has 1 aromatic carbocycles. The van der Waals surface area contributed by atoms with Gasteiger partial charge in [-0.15, -0.1) is 0 Å². The molecule has 0 saturated heterocycles. The Morgan fingerprint density at radius 1 is 1.50 bits per heavy atom. The van der Waals surface area contributed by atoms with Gasteiger partial charge in [0.1, 0.15) is 11.8 Å². The molecule has 0 heterocycles. The lowest BCUT2D eigenvalue weighted by molar-refractivity contribution is 0.288. The minimum atomic E-state index is -2.00. The molecule has 0 saturated carbocycles. The van der Waals surface area contributed by atoms with Gasteiger partial charge in [-0.1, -0.05) is 27.5 Å². The number of halogens is 2. The van der Waals surface area contributed by atoms with Crippen molar-refractivity contribution in [1.82, 2.24) is 0 Å². The molecule has 2 N–H and O–H groups in total. The van der Waals surface area contributed by atoms with Crippen LogP contribution in [0.5, 0.6) is 5.75 Å². The van der Waals surface area contributed by atoms with Crippen molar-refractivity contribution in [3.63, 3.8) is 0 Å². The van der Waals surface area contributed by atoms with E-state index in [0.717, 1.165) is 0 Å². The Morgan fingerprint density at radius 3 is 2.64 bits per heavy atom. The molecule has 0 radical (unpaired) electrons. The Morgan fingerprint density at radius 2 is 2.14 bits per heavy atom. The smallest absolute Gasteiger partial charge is 0.510 e. The first-order chi connectivity index (χ1) is 6.54. The van der Waals surface area contributed by atoms with E-state index in [9.17, 15) is 0 Å². The maximum atomic E-state index is 8.71. The van der Waals surface area contributed by atoms with Crippen LogP contribution in [0.25, 0.3) is 0 Å². The van der Waals surface area contributed by atoms with Crippen LogP contribution < -0.4 is 4.65 Å². The normalized spacial score (nSPS) is 9.36. The van der Waals surface area contributed by atoms with E-state index in [1.807, 2.05) is 6.07 Å². The fourth-order valence-corrected chi connectivity index (χ4v) is 1.72. The molecule has 1 rings (SSSR count). The first kappa shape index (κ1) is 11.3. The molecule has 0 aromatic heterocycles. The third kappa shape index (κ3) is 2.62. The van der Waals surface area contributed by atoms with Crippen LogP contribution in [0, 0.1) is 11.3 Å². The van der Waals surface area contributed by atoms with Crippen molar-refractivity contribution in [2.45, 2.75) is 0 Å². The molecule has 1 aromatic rings. The first-order valence-corrected chi connectivity index (χ1v) is 4.63. The Balaban J connectivity index is 3.20. The Hall–Kier alpha value is -0.735. The van der Waals surface area contributed by atoms with Crippen molar-refractivity contribution in [2.75, 3.05) is 0 Å². The highest BCUT2D eigenvalue weighted by atomic mass is 79.9. The molecule has 0 aliphatic heterocycles. The summed E-state index contributed by atoms with van der Waals surface area (Å²) >= 11 is 8.87. The van der Waals surface area contributed by atoms with Crippen LogP contribution in [-0.2, 0) is 0 Å². The molecule has 0 atom stereocenters. The van der Waals surface area contributed by atoms with Crippen LogP contribution in [0.3, 0.4) is 0 Å². The third-order valence-corrected chi connectivity index (χ3v) is 2.09. The van der Waals surface area contributed by atoms with E-state index in [0.29, 0.717) is 4.47 Å². The molecule has 0 bridgehead atoms. The van der Waals surface area contributed by atoms with Gasteiger partial charge in [0.05, 0.1) is 10.6 Å². The van der Waals surface area contributed by atoms with Gasteiger partial charge in [-0.3, -0.25) is 0 Å². The van der Waals surface area contributed by atoms with E-state index in [-0.39, 0.29) is 16.3 Å². The van der Waals surface area contributed by atoms with Crippen LogP contribution in [0.2, 0.25) is 5.02 Å². The summed E-state index contributed by atoms with van der Waals surface area (Å²) in [4.78, 5) is 0. The number of nitriles is 1. The maximum Gasteiger partial charge on any atom is 0.707 e. The van der Waals surface area contributed by atoms with Gasteiger partial charge in [-0.05, 0) is 12.1 Å². The predicted molar refractivity (Wildman–Crippen MR) is 54.7 cm³/mol. The summed E-state index contributed by atoms with van der Waals surface area (Å²) in [6.45, 7) is 0. The van der Waals surface area contributed by atoms with Gasteiger partial charge in [-0.25, -0.2) is 0 Å². The van der Waals surface area contributed by atoms with Crippen molar-refractivity contribution >= 4 is 34.9 Å². The van der Waals surface area contributed by atoms with Crippen LogP contribution in [0.15, 0.2) is 16.6 Å². The van der Waals surface area contributed by atoms with E-state index in [1.165, 1.54) is 12.1 Å². The molecule has 0 fully saturated rings. The monoisotopic (exact) mass is 275 g/mol. The lowest BCUT2D eigenvalue weighted by atomic mass is 10.2. The number of benzene rings is 1. The van der Waals surface area contributed by atoms with E-state index < -0.39 is 7.32 Å². The van der Waals surface area contributed by atoms with E-state index in [2.05, 4.69) is 20.6 Å². The zero-order valence-corrected chi connectivity index (χ0v) is 9.08. The maximum absolute atomic E-state index is 8.71. The average Bonchev–Trinajstić information content (AvgIpc) is 2.08. The molecular formula is C7H4BBrClNO3. The van der Waals surface area contributed by atoms with Crippen LogP contribution in [0.1, 0.15) is 5.56 Å². The highest BCUT2D eigenvalue weighted by Crippen LogP contribution is 2.32. The Kier molecular flexibility index (Phi) is 3.78. The van der Waals surface area contributed by atoms with Gasteiger partial charge in [0.2, 0.25) is 0 Å². The van der Waals surface area contributed by atoms with Crippen molar-refractivity contribution in [3.05, 3.63) is 27.2 Å². The largest absolute Gasteiger partial charge is 0.707 e. The predicted octanol–water partition coefficient (Wildman–Crippen LogP) is 1.32. The van der Waals surface area contributed by atoms with Gasteiger partial charge in [0.25, 0.3) is 0 Å². The molecule has 4 nitrogen and oxygen atoms in total. The molecule has 0 aliphatic carbocycles. The van der Waals surface area contributed by atoms with Crippen molar-refractivity contribution in [1.29, 1.82) is 5.26 Å². The summed E-state index contributed by atoms with van der Waals surface area (Å²) < 4.78 is 5.17. The minimum Gasteiger partial charge on any atom is -0.510 e. The lowest BCUT2D eigenvalue weighted by Gasteiger charge is -2.08. The molecule has 0 unspecified atom stereocenters. The van der Waals surface area contributed by atoms with E-state index in [1.54, 1.807) is 0 Å². The lowest BCUT2D eigenvalue weighted by Crippen LogP contribution is -2.21. The van der Waals surface area contributed by atoms with Gasteiger partial charge in [0.15, 0.2) is 0 Å². The highest BCUT2D eigenvalue weighted by Gasteiger charge is 2.17. The van der Waals surface area contributed by atoms with Crippen molar-refractivity contribution < 1.29 is 14.7 Å². The summed E-state index contributed by atoms with van der Waals surface area (Å²) in [5.41, 5.74) is 0.123.